The van der Waals surface area contributed by atoms with Crippen LogP contribution >= 0.6 is 23.5 Å². The third kappa shape index (κ3) is 7.28. The van der Waals surface area contributed by atoms with Crippen LogP contribution in [0, 0.1) is 5.41 Å². The van der Waals surface area contributed by atoms with Gasteiger partial charge in [0.05, 0.1) is 29.5 Å². The summed E-state index contributed by atoms with van der Waals surface area (Å²) in [5.74, 6) is 2.16. The van der Waals surface area contributed by atoms with E-state index in [1.165, 1.54) is 6.42 Å². The fourth-order valence-electron chi connectivity index (χ4n) is 3.55. The fourth-order valence-corrected chi connectivity index (χ4v) is 7.26. The summed E-state index contributed by atoms with van der Waals surface area (Å²) in [6, 6.07) is 10.0. The summed E-state index contributed by atoms with van der Waals surface area (Å²) in [6.07, 6.45) is 5.08. The molecule has 30 heavy (non-hydrogen) atoms. The molecule has 4 nitrogen and oxygen atoms in total. The molecule has 2 rings (SSSR count). The largest absolute Gasteiger partial charge is 0.390 e. The number of aliphatic hydroxyl groups excluding tert-OH is 2. The topological polar surface area (TPSA) is 58.9 Å². The van der Waals surface area contributed by atoms with Gasteiger partial charge in [0.15, 0.2) is 0 Å². The number of benzene rings is 1. The molecule has 6 heteroatoms. The Bertz CT molecular complexity index is 629. The van der Waals surface area contributed by atoms with Crippen molar-refractivity contribution in [1.82, 2.24) is 0 Å². The predicted molar refractivity (Wildman–Crippen MR) is 129 cm³/mol. The molecule has 1 unspecified atom stereocenters. The van der Waals surface area contributed by atoms with Crippen LogP contribution in [0.1, 0.15) is 45.6 Å². The molecule has 0 radical (unpaired) electrons. The summed E-state index contributed by atoms with van der Waals surface area (Å²) in [4.78, 5) is 0. The van der Waals surface area contributed by atoms with E-state index in [9.17, 15) is 10.2 Å². The molecule has 1 heterocycles. The number of aliphatic hydroxyl groups is 2. The van der Waals surface area contributed by atoms with Crippen LogP contribution in [0.25, 0.3) is 0 Å². The monoisotopic (exact) mass is 454 g/mol. The van der Waals surface area contributed by atoms with E-state index in [1.807, 2.05) is 66.9 Å². The molecule has 0 aliphatic carbocycles. The highest BCUT2D eigenvalue weighted by Crippen LogP contribution is 2.57. The van der Waals surface area contributed by atoms with E-state index in [4.69, 9.17) is 9.47 Å². The molecule has 1 aliphatic rings. The number of rotatable bonds is 12. The number of hydrogen-bond acceptors (Lipinski definition) is 6. The van der Waals surface area contributed by atoms with Crippen molar-refractivity contribution in [3.05, 3.63) is 48.0 Å². The number of allylic oxidation sites excluding steroid dienone is 1. The van der Waals surface area contributed by atoms with Crippen LogP contribution in [0.3, 0.4) is 0 Å². The fraction of sp³-hybridized carbons (Fsp3) is 0.667. The average molecular weight is 455 g/mol. The lowest BCUT2D eigenvalue weighted by atomic mass is 9.83. The first-order valence-corrected chi connectivity index (χ1v) is 12.8. The minimum atomic E-state index is -0.632. The zero-order valence-corrected chi connectivity index (χ0v) is 20.4. The van der Waals surface area contributed by atoms with Crippen molar-refractivity contribution in [2.24, 2.45) is 5.41 Å². The Labute approximate surface area is 190 Å². The molecule has 0 saturated carbocycles. The van der Waals surface area contributed by atoms with E-state index < -0.39 is 12.2 Å². The first-order valence-electron chi connectivity index (χ1n) is 10.8. The van der Waals surface area contributed by atoms with E-state index in [2.05, 4.69) is 19.9 Å². The average Bonchev–Trinajstić information content (AvgIpc) is 2.76. The highest BCUT2D eigenvalue weighted by Gasteiger charge is 2.48. The summed E-state index contributed by atoms with van der Waals surface area (Å²) >= 11 is 3.86. The van der Waals surface area contributed by atoms with E-state index in [0.717, 1.165) is 17.1 Å². The number of methoxy groups -OCH3 is 1. The Balaban J connectivity index is 2.05. The van der Waals surface area contributed by atoms with Crippen LogP contribution in [-0.2, 0) is 16.1 Å². The number of thioether (sulfide) groups is 2. The van der Waals surface area contributed by atoms with Gasteiger partial charge in [-0.1, -0.05) is 63.3 Å². The molecule has 1 aliphatic heterocycles. The van der Waals surface area contributed by atoms with Gasteiger partial charge in [-0.15, -0.1) is 23.5 Å². The zero-order valence-electron chi connectivity index (χ0n) is 18.8. The van der Waals surface area contributed by atoms with Gasteiger partial charge in [-0.25, -0.2) is 0 Å². The molecule has 1 fully saturated rings. The third-order valence-corrected chi connectivity index (χ3v) is 9.71. The minimum absolute atomic E-state index is 0.176. The van der Waals surface area contributed by atoms with Crippen molar-refractivity contribution >= 4 is 23.5 Å². The van der Waals surface area contributed by atoms with Crippen LogP contribution in [-0.4, -0.2) is 57.8 Å². The zero-order chi connectivity index (χ0) is 22.0. The van der Waals surface area contributed by atoms with Gasteiger partial charge in [-0.3, -0.25) is 0 Å². The van der Waals surface area contributed by atoms with Crippen molar-refractivity contribution in [2.45, 2.75) is 69.0 Å². The van der Waals surface area contributed by atoms with Crippen molar-refractivity contribution in [2.75, 3.05) is 25.2 Å². The van der Waals surface area contributed by atoms with Crippen molar-refractivity contribution in [1.29, 1.82) is 0 Å². The van der Waals surface area contributed by atoms with Crippen LogP contribution in [0.5, 0.6) is 0 Å². The molecule has 0 bridgehead atoms. The van der Waals surface area contributed by atoms with E-state index in [-0.39, 0.29) is 15.6 Å². The first kappa shape index (κ1) is 25.8. The summed E-state index contributed by atoms with van der Waals surface area (Å²) in [5.41, 5.74) is 0.917. The van der Waals surface area contributed by atoms with Gasteiger partial charge in [-0.05, 0) is 29.9 Å². The van der Waals surface area contributed by atoms with Gasteiger partial charge in [0.1, 0.15) is 6.10 Å². The molecule has 1 aromatic carbocycles. The van der Waals surface area contributed by atoms with Gasteiger partial charge in [0, 0.05) is 18.9 Å². The SMILES string of the molecule is CCC(O)/C=C/C(C)(C)C1(C[C@H](O)[C@@H](COCc2ccccc2)OC)SCCCS1. The molecule has 0 amide bonds. The summed E-state index contributed by atoms with van der Waals surface area (Å²) < 4.78 is 11.3. The first-order chi connectivity index (χ1) is 14.3. The van der Waals surface area contributed by atoms with Gasteiger partial charge in [-0.2, -0.15) is 0 Å². The maximum atomic E-state index is 11.1. The second-order valence-electron chi connectivity index (χ2n) is 8.41. The van der Waals surface area contributed by atoms with E-state index in [1.54, 1.807) is 7.11 Å². The van der Waals surface area contributed by atoms with Crippen molar-refractivity contribution in [3.63, 3.8) is 0 Å². The molecule has 1 saturated heterocycles. The van der Waals surface area contributed by atoms with Gasteiger partial charge in [0.25, 0.3) is 0 Å². The highest BCUT2D eigenvalue weighted by atomic mass is 32.2. The maximum absolute atomic E-state index is 11.1. The van der Waals surface area contributed by atoms with E-state index in [0.29, 0.717) is 26.1 Å². The second kappa shape index (κ2) is 12.5. The number of ether oxygens (including phenoxy) is 2. The van der Waals surface area contributed by atoms with Crippen LogP contribution in [0.2, 0.25) is 0 Å². The van der Waals surface area contributed by atoms with Crippen LogP contribution < -0.4 is 0 Å². The van der Waals surface area contributed by atoms with Crippen LogP contribution in [0.15, 0.2) is 42.5 Å². The summed E-state index contributed by atoms with van der Waals surface area (Å²) in [5, 5.41) is 21.1. The van der Waals surface area contributed by atoms with Crippen molar-refractivity contribution < 1.29 is 19.7 Å². The molecule has 0 aromatic heterocycles. The third-order valence-electron chi connectivity index (χ3n) is 5.70. The van der Waals surface area contributed by atoms with E-state index >= 15 is 0 Å². The van der Waals surface area contributed by atoms with Crippen molar-refractivity contribution in [3.8, 4) is 0 Å². The van der Waals surface area contributed by atoms with Crippen LogP contribution in [0.4, 0.5) is 0 Å². The molecular formula is C24H38O4S2. The maximum Gasteiger partial charge on any atom is 0.106 e. The molecule has 3 atom stereocenters. The Kier molecular flexibility index (Phi) is 10.7. The molecular weight excluding hydrogens is 416 g/mol. The molecule has 2 N–H and O–H groups in total. The quantitative estimate of drug-likeness (QED) is 0.439. The summed E-state index contributed by atoms with van der Waals surface area (Å²) in [6.45, 7) is 7.24. The highest BCUT2D eigenvalue weighted by molar-refractivity contribution is 8.18. The Hall–Kier alpha value is -0.500. The lowest BCUT2D eigenvalue weighted by Crippen LogP contribution is -2.46. The minimum Gasteiger partial charge on any atom is -0.390 e. The number of hydrogen-bond donors (Lipinski definition) is 2. The smallest absolute Gasteiger partial charge is 0.106 e. The Morgan fingerprint density at radius 3 is 2.43 bits per heavy atom. The molecule has 0 spiro atoms. The lowest BCUT2D eigenvalue weighted by Gasteiger charge is -2.48. The Morgan fingerprint density at radius 2 is 1.83 bits per heavy atom. The van der Waals surface area contributed by atoms with Gasteiger partial charge >= 0.3 is 0 Å². The predicted octanol–water partition coefficient (Wildman–Crippen LogP) is 4.89. The van der Waals surface area contributed by atoms with Gasteiger partial charge < -0.3 is 19.7 Å². The molecule has 170 valence electrons. The molecule has 1 aromatic rings. The van der Waals surface area contributed by atoms with Gasteiger partial charge in [0.2, 0.25) is 0 Å². The summed E-state index contributed by atoms with van der Waals surface area (Å²) in [7, 11) is 1.64. The Morgan fingerprint density at radius 1 is 1.17 bits per heavy atom. The standard InChI is InChI=1S/C24H38O4S2/c1-5-20(25)12-13-23(2,3)24(29-14-9-15-30-24)16-21(26)22(27-4)18-28-17-19-10-7-6-8-11-19/h6-8,10-13,20-22,25-26H,5,9,14-18H2,1-4H3/b13-12+/t20?,21-,22+/m0/s1. The second-order valence-corrected chi connectivity index (χ2v) is 11.5. The normalized spacial score (nSPS) is 20.2. The lowest BCUT2D eigenvalue weighted by molar-refractivity contribution is -0.0687.